The van der Waals surface area contributed by atoms with Crippen LogP contribution in [0.3, 0.4) is 0 Å². The molecule has 0 spiro atoms. The molecule has 3 rings (SSSR count). The number of hydrogen-bond donors (Lipinski definition) is 1. The summed E-state index contributed by atoms with van der Waals surface area (Å²) in [4.78, 5) is 2.15. The maximum absolute atomic E-state index is 6.23. The van der Waals surface area contributed by atoms with E-state index in [-0.39, 0.29) is 0 Å². The maximum Gasteiger partial charge on any atom is 0.0597 e. The summed E-state index contributed by atoms with van der Waals surface area (Å²) in [7, 11) is 4.17. The van der Waals surface area contributed by atoms with Gasteiger partial charge in [-0.3, -0.25) is 0 Å². The van der Waals surface area contributed by atoms with Crippen LogP contribution in [-0.4, -0.2) is 20.1 Å². The molecule has 21 heavy (non-hydrogen) atoms. The van der Waals surface area contributed by atoms with E-state index in [1.165, 1.54) is 30.6 Å². The third-order valence-corrected chi connectivity index (χ3v) is 6.25. The molecule has 2 nitrogen and oxygen atoms in total. The van der Waals surface area contributed by atoms with E-state index in [2.05, 4.69) is 57.2 Å². The van der Waals surface area contributed by atoms with E-state index in [0.29, 0.717) is 16.9 Å². The molecule has 3 atom stereocenters. The molecule has 2 fully saturated rings. The van der Waals surface area contributed by atoms with Crippen LogP contribution in [0.4, 0.5) is 11.4 Å². The van der Waals surface area contributed by atoms with Crippen LogP contribution in [0.1, 0.15) is 40.0 Å². The summed E-state index contributed by atoms with van der Waals surface area (Å²) in [5, 5.41) is 4.67. The summed E-state index contributed by atoms with van der Waals surface area (Å²) >= 11 is 6.23. The van der Waals surface area contributed by atoms with Gasteiger partial charge in [-0.25, -0.2) is 0 Å². The van der Waals surface area contributed by atoms with E-state index in [1.807, 2.05) is 6.07 Å². The molecule has 1 N–H and O–H groups in total. The van der Waals surface area contributed by atoms with Crippen LogP contribution in [0.2, 0.25) is 5.02 Å². The van der Waals surface area contributed by atoms with Crippen LogP contribution < -0.4 is 10.2 Å². The van der Waals surface area contributed by atoms with Crippen molar-refractivity contribution in [3.05, 3.63) is 23.2 Å². The van der Waals surface area contributed by atoms with Crippen molar-refractivity contribution in [2.45, 2.75) is 46.1 Å². The molecule has 0 aliphatic heterocycles. The number of fused-ring (bicyclic) bond motifs is 2. The first kappa shape index (κ1) is 15.0. The van der Waals surface area contributed by atoms with Gasteiger partial charge >= 0.3 is 0 Å². The van der Waals surface area contributed by atoms with Gasteiger partial charge < -0.3 is 10.2 Å². The number of hydrogen-bond acceptors (Lipinski definition) is 2. The Labute approximate surface area is 133 Å². The second kappa shape index (κ2) is 4.81. The zero-order valence-electron chi connectivity index (χ0n) is 13.8. The second-order valence-electron chi connectivity index (χ2n) is 8.05. The Morgan fingerprint density at radius 2 is 1.95 bits per heavy atom. The summed E-state index contributed by atoms with van der Waals surface area (Å²) in [5.74, 6) is 0.849. The zero-order chi connectivity index (χ0) is 15.4. The lowest BCUT2D eigenvalue weighted by Gasteiger charge is -2.44. The number of benzene rings is 1. The lowest BCUT2D eigenvalue weighted by atomic mass is 9.68. The van der Waals surface area contributed by atoms with Gasteiger partial charge in [0.05, 0.1) is 11.4 Å². The van der Waals surface area contributed by atoms with Crippen LogP contribution in [0.15, 0.2) is 18.2 Å². The van der Waals surface area contributed by atoms with Gasteiger partial charge in [-0.1, -0.05) is 32.4 Å². The minimum Gasteiger partial charge on any atom is -0.379 e. The van der Waals surface area contributed by atoms with Gasteiger partial charge in [-0.05, 0) is 54.2 Å². The SMILES string of the molecule is CN(C)c1ccc(Cl)cc1NC1C2(C)CCC(C2)C1(C)C. The summed E-state index contributed by atoms with van der Waals surface area (Å²) in [6.45, 7) is 7.32. The third kappa shape index (κ3) is 2.32. The lowest BCUT2D eigenvalue weighted by Crippen LogP contribution is -2.46. The van der Waals surface area contributed by atoms with Gasteiger partial charge in [0, 0.05) is 25.2 Å². The van der Waals surface area contributed by atoms with E-state index in [1.54, 1.807) is 0 Å². The molecule has 0 aromatic heterocycles. The summed E-state index contributed by atoms with van der Waals surface area (Å²) in [6, 6.07) is 6.66. The molecule has 2 bridgehead atoms. The Morgan fingerprint density at radius 1 is 1.24 bits per heavy atom. The molecule has 0 heterocycles. The molecular formula is C18H27ClN2. The normalized spacial score (nSPS) is 33.2. The highest BCUT2D eigenvalue weighted by Gasteiger charge is 2.59. The fourth-order valence-electron chi connectivity index (χ4n) is 4.83. The molecular weight excluding hydrogens is 280 g/mol. The number of nitrogens with zero attached hydrogens (tertiary/aromatic N) is 1. The molecule has 0 amide bonds. The first-order chi connectivity index (χ1) is 9.74. The minimum atomic E-state index is 0.346. The molecule has 1 aromatic rings. The molecule has 1 aromatic carbocycles. The predicted molar refractivity (Wildman–Crippen MR) is 92.4 cm³/mol. The van der Waals surface area contributed by atoms with E-state index >= 15 is 0 Å². The largest absolute Gasteiger partial charge is 0.379 e. The summed E-state index contributed by atoms with van der Waals surface area (Å²) < 4.78 is 0. The van der Waals surface area contributed by atoms with E-state index < -0.39 is 0 Å². The Bertz CT molecular complexity index is 547. The smallest absolute Gasteiger partial charge is 0.0597 e. The average molecular weight is 307 g/mol. The van der Waals surface area contributed by atoms with Crippen molar-refractivity contribution in [2.75, 3.05) is 24.3 Å². The topological polar surface area (TPSA) is 15.3 Å². The fourth-order valence-corrected chi connectivity index (χ4v) is 5.00. The van der Waals surface area contributed by atoms with Crippen LogP contribution in [0.25, 0.3) is 0 Å². The standard InChI is InChI=1S/C18H27ClN2/c1-17(2)12-8-9-18(3,11-12)16(17)20-14-10-13(19)6-7-15(14)21(4)5/h6-7,10,12,16,20H,8-9,11H2,1-5H3. The number of anilines is 2. The molecule has 2 saturated carbocycles. The van der Waals surface area contributed by atoms with E-state index in [4.69, 9.17) is 11.6 Å². The van der Waals surface area contributed by atoms with Gasteiger partial charge in [0.2, 0.25) is 0 Å². The Kier molecular flexibility index (Phi) is 3.44. The molecule has 3 unspecified atom stereocenters. The molecule has 116 valence electrons. The van der Waals surface area contributed by atoms with Gasteiger partial charge in [-0.2, -0.15) is 0 Å². The maximum atomic E-state index is 6.23. The van der Waals surface area contributed by atoms with Gasteiger partial charge in [0.25, 0.3) is 0 Å². The van der Waals surface area contributed by atoms with Gasteiger partial charge in [-0.15, -0.1) is 0 Å². The van der Waals surface area contributed by atoms with Crippen LogP contribution >= 0.6 is 11.6 Å². The lowest BCUT2D eigenvalue weighted by molar-refractivity contribution is 0.155. The van der Waals surface area contributed by atoms with E-state index in [9.17, 15) is 0 Å². The van der Waals surface area contributed by atoms with E-state index in [0.717, 1.165) is 10.9 Å². The average Bonchev–Trinajstić information content (AvgIpc) is 2.85. The monoisotopic (exact) mass is 306 g/mol. The Morgan fingerprint density at radius 3 is 2.52 bits per heavy atom. The van der Waals surface area contributed by atoms with Crippen molar-refractivity contribution < 1.29 is 0 Å². The summed E-state index contributed by atoms with van der Waals surface area (Å²) in [6.07, 6.45) is 4.09. The fraction of sp³-hybridized carbons (Fsp3) is 0.667. The van der Waals surface area contributed by atoms with Crippen molar-refractivity contribution >= 4 is 23.0 Å². The molecule has 2 aliphatic carbocycles. The molecule has 0 radical (unpaired) electrons. The predicted octanol–water partition coefficient (Wildman–Crippen LogP) is 5.03. The van der Waals surface area contributed by atoms with Crippen LogP contribution in [0.5, 0.6) is 0 Å². The molecule has 3 heteroatoms. The first-order valence-electron chi connectivity index (χ1n) is 7.97. The highest BCUT2D eigenvalue weighted by atomic mass is 35.5. The van der Waals surface area contributed by atoms with Gasteiger partial charge in [0.15, 0.2) is 0 Å². The van der Waals surface area contributed by atoms with Crippen molar-refractivity contribution in [1.29, 1.82) is 0 Å². The molecule has 0 saturated heterocycles. The van der Waals surface area contributed by atoms with Crippen LogP contribution in [-0.2, 0) is 0 Å². The highest BCUT2D eigenvalue weighted by molar-refractivity contribution is 6.31. The van der Waals surface area contributed by atoms with Crippen LogP contribution in [0, 0.1) is 16.7 Å². The Hall–Kier alpha value is -0.890. The quantitative estimate of drug-likeness (QED) is 0.842. The number of halogens is 1. The van der Waals surface area contributed by atoms with Crippen molar-refractivity contribution in [3.63, 3.8) is 0 Å². The second-order valence-corrected chi connectivity index (χ2v) is 8.48. The highest BCUT2D eigenvalue weighted by Crippen LogP contribution is 2.63. The number of rotatable bonds is 3. The van der Waals surface area contributed by atoms with Gasteiger partial charge in [0.1, 0.15) is 0 Å². The van der Waals surface area contributed by atoms with Crippen molar-refractivity contribution in [3.8, 4) is 0 Å². The first-order valence-corrected chi connectivity index (χ1v) is 8.35. The summed E-state index contributed by atoms with van der Waals surface area (Å²) in [5.41, 5.74) is 3.14. The third-order valence-electron chi connectivity index (χ3n) is 6.01. The Balaban J connectivity index is 1.95. The molecule has 2 aliphatic rings. The number of nitrogens with one attached hydrogen (secondary N) is 1. The van der Waals surface area contributed by atoms with Crippen molar-refractivity contribution in [2.24, 2.45) is 16.7 Å². The van der Waals surface area contributed by atoms with Crippen molar-refractivity contribution in [1.82, 2.24) is 0 Å². The minimum absolute atomic E-state index is 0.346. The zero-order valence-corrected chi connectivity index (χ0v) is 14.6.